The third-order valence-corrected chi connectivity index (χ3v) is 8.16. The van der Waals surface area contributed by atoms with Crippen molar-refractivity contribution in [2.24, 2.45) is 0 Å². The van der Waals surface area contributed by atoms with Gasteiger partial charge in [-0.25, -0.2) is 8.42 Å². The van der Waals surface area contributed by atoms with Gasteiger partial charge in [0.05, 0.1) is 10.6 Å². The maximum absolute atomic E-state index is 13.2. The van der Waals surface area contributed by atoms with Crippen molar-refractivity contribution in [3.05, 3.63) is 60.2 Å². The van der Waals surface area contributed by atoms with Crippen molar-refractivity contribution in [1.82, 2.24) is 4.90 Å². The minimum atomic E-state index is -3.40. The van der Waals surface area contributed by atoms with E-state index in [1.165, 1.54) is 0 Å². The van der Waals surface area contributed by atoms with Crippen molar-refractivity contribution < 1.29 is 18.0 Å². The molecule has 0 N–H and O–H groups in total. The Morgan fingerprint density at radius 2 is 1.44 bits per heavy atom. The molecule has 0 spiro atoms. The molecule has 1 heterocycles. The number of nitrogens with zero attached hydrogens (tertiary/aromatic N) is 2. The number of carbonyl (C=O) groups is 2. The fourth-order valence-corrected chi connectivity index (χ4v) is 5.78. The minimum absolute atomic E-state index is 0.00585. The first-order chi connectivity index (χ1) is 16.4. The number of fused-ring (bicyclic) bond motifs is 1. The number of para-hydroxylation sites is 1. The zero-order valence-electron chi connectivity index (χ0n) is 20.1. The maximum atomic E-state index is 13.2. The zero-order valence-corrected chi connectivity index (χ0v) is 20.9. The number of hydrogen-bond donors (Lipinski definition) is 0. The predicted octanol–water partition coefficient (Wildman–Crippen LogP) is 4.98. The van der Waals surface area contributed by atoms with Gasteiger partial charge in [-0.3, -0.25) is 9.59 Å². The molecule has 2 amide bonds. The van der Waals surface area contributed by atoms with Crippen LogP contribution in [0.3, 0.4) is 0 Å². The Labute approximate surface area is 203 Å². The summed E-state index contributed by atoms with van der Waals surface area (Å²) in [6.07, 6.45) is 6.75. The standard InChI is InChI=1S/C27H36N2O4S/c1-23(30)29-20-12-5-3-2-4-11-19-28(22-24-14-9-10-17-26(24)29)27(31)18-13-21-34(32,33)25-15-7-6-8-16-25/h6-10,14-17H,2-5,11-13,18-22H2,1H3. The summed E-state index contributed by atoms with van der Waals surface area (Å²) in [6, 6.07) is 16.2. The Hall–Kier alpha value is -2.67. The number of amides is 2. The molecule has 0 fully saturated rings. The molecule has 6 nitrogen and oxygen atoms in total. The molecule has 2 aromatic carbocycles. The SMILES string of the molecule is CC(=O)N1CCCCCCCCN(C(=O)CCCS(=O)(=O)c2ccccc2)Cc2ccccc21. The second-order valence-electron chi connectivity index (χ2n) is 8.97. The van der Waals surface area contributed by atoms with Crippen molar-refractivity contribution >= 4 is 27.3 Å². The van der Waals surface area contributed by atoms with Gasteiger partial charge in [0, 0.05) is 38.7 Å². The van der Waals surface area contributed by atoms with Crippen LogP contribution in [0.5, 0.6) is 0 Å². The molecule has 0 atom stereocenters. The third-order valence-electron chi connectivity index (χ3n) is 6.34. The van der Waals surface area contributed by atoms with E-state index in [1.807, 2.05) is 34.1 Å². The van der Waals surface area contributed by atoms with Crippen molar-refractivity contribution in [2.45, 2.75) is 69.7 Å². The summed E-state index contributed by atoms with van der Waals surface area (Å²) >= 11 is 0. The summed E-state index contributed by atoms with van der Waals surface area (Å²) in [7, 11) is -3.40. The quantitative estimate of drug-likeness (QED) is 0.600. The topological polar surface area (TPSA) is 74.8 Å². The van der Waals surface area contributed by atoms with Crippen LogP contribution in [0.25, 0.3) is 0 Å². The van der Waals surface area contributed by atoms with Crippen LogP contribution in [0, 0.1) is 0 Å². The second-order valence-corrected chi connectivity index (χ2v) is 11.1. The van der Waals surface area contributed by atoms with Crippen LogP contribution >= 0.6 is 0 Å². The number of anilines is 1. The van der Waals surface area contributed by atoms with Gasteiger partial charge in [-0.2, -0.15) is 0 Å². The van der Waals surface area contributed by atoms with Crippen LogP contribution in [0.2, 0.25) is 0 Å². The molecule has 0 saturated carbocycles. The zero-order chi connectivity index (χ0) is 24.4. The molecular weight excluding hydrogens is 448 g/mol. The first kappa shape index (κ1) is 25.9. The first-order valence-electron chi connectivity index (χ1n) is 12.3. The van der Waals surface area contributed by atoms with Crippen LogP contribution in [-0.2, 0) is 26.0 Å². The summed E-state index contributed by atoms with van der Waals surface area (Å²) in [5, 5.41) is 0. The van der Waals surface area contributed by atoms with Crippen molar-refractivity contribution in [2.75, 3.05) is 23.7 Å². The van der Waals surface area contributed by atoms with Gasteiger partial charge >= 0.3 is 0 Å². The van der Waals surface area contributed by atoms with Gasteiger partial charge in [0.1, 0.15) is 0 Å². The predicted molar refractivity (Wildman–Crippen MR) is 135 cm³/mol. The average molecular weight is 485 g/mol. The molecule has 1 aliphatic heterocycles. The lowest BCUT2D eigenvalue weighted by atomic mass is 10.1. The van der Waals surface area contributed by atoms with Gasteiger partial charge in [0.15, 0.2) is 9.84 Å². The van der Waals surface area contributed by atoms with E-state index in [0.717, 1.165) is 49.8 Å². The molecule has 2 aromatic rings. The lowest BCUT2D eigenvalue weighted by Gasteiger charge is -2.28. The van der Waals surface area contributed by atoms with E-state index >= 15 is 0 Å². The van der Waals surface area contributed by atoms with Crippen LogP contribution in [0.4, 0.5) is 5.69 Å². The van der Waals surface area contributed by atoms with Crippen LogP contribution < -0.4 is 4.90 Å². The normalized spacial score (nSPS) is 16.0. The lowest BCUT2D eigenvalue weighted by molar-refractivity contribution is -0.131. The van der Waals surface area contributed by atoms with Crippen LogP contribution in [0.1, 0.15) is 63.9 Å². The molecular formula is C27H36N2O4S. The molecule has 7 heteroatoms. The highest BCUT2D eigenvalue weighted by molar-refractivity contribution is 7.91. The number of carbonyl (C=O) groups excluding carboxylic acids is 2. The average Bonchev–Trinajstić information content (AvgIpc) is 2.84. The molecule has 0 radical (unpaired) electrons. The molecule has 0 bridgehead atoms. The van der Waals surface area contributed by atoms with E-state index in [0.29, 0.717) is 24.5 Å². The highest BCUT2D eigenvalue weighted by Crippen LogP contribution is 2.25. The van der Waals surface area contributed by atoms with E-state index in [4.69, 9.17) is 0 Å². The summed E-state index contributed by atoms with van der Waals surface area (Å²) in [5.41, 5.74) is 1.81. The molecule has 3 rings (SSSR count). The highest BCUT2D eigenvalue weighted by atomic mass is 32.2. The smallest absolute Gasteiger partial charge is 0.223 e. The fraction of sp³-hybridized carbons (Fsp3) is 0.481. The van der Waals surface area contributed by atoms with Gasteiger partial charge in [0.2, 0.25) is 11.8 Å². The van der Waals surface area contributed by atoms with Gasteiger partial charge in [-0.15, -0.1) is 0 Å². The summed E-state index contributed by atoms with van der Waals surface area (Å²) in [4.78, 5) is 29.5. The van der Waals surface area contributed by atoms with Crippen LogP contribution in [-0.4, -0.2) is 44.0 Å². The maximum Gasteiger partial charge on any atom is 0.223 e. The van der Waals surface area contributed by atoms with E-state index in [9.17, 15) is 18.0 Å². The van der Waals surface area contributed by atoms with Crippen molar-refractivity contribution in [1.29, 1.82) is 0 Å². The van der Waals surface area contributed by atoms with Gasteiger partial charge in [-0.1, -0.05) is 62.1 Å². The van der Waals surface area contributed by atoms with Crippen molar-refractivity contribution in [3.8, 4) is 0 Å². The van der Waals surface area contributed by atoms with Crippen LogP contribution in [0.15, 0.2) is 59.5 Å². The monoisotopic (exact) mass is 484 g/mol. The Morgan fingerprint density at radius 1 is 0.824 bits per heavy atom. The molecule has 0 aromatic heterocycles. The Balaban J connectivity index is 1.73. The van der Waals surface area contributed by atoms with Crippen molar-refractivity contribution in [3.63, 3.8) is 0 Å². The number of benzene rings is 2. The third kappa shape index (κ3) is 7.42. The van der Waals surface area contributed by atoms with E-state index in [2.05, 4.69) is 0 Å². The number of hydrogen-bond acceptors (Lipinski definition) is 4. The Morgan fingerprint density at radius 3 is 2.15 bits per heavy atom. The molecule has 0 unspecified atom stereocenters. The van der Waals surface area contributed by atoms with Gasteiger partial charge in [0.25, 0.3) is 0 Å². The molecule has 184 valence electrons. The molecule has 1 aliphatic rings. The summed E-state index contributed by atoms with van der Waals surface area (Å²) < 4.78 is 25.2. The minimum Gasteiger partial charge on any atom is -0.338 e. The largest absolute Gasteiger partial charge is 0.338 e. The van der Waals surface area contributed by atoms with E-state index < -0.39 is 9.84 Å². The molecule has 34 heavy (non-hydrogen) atoms. The Bertz CT molecular complexity index is 1050. The number of sulfone groups is 1. The summed E-state index contributed by atoms with van der Waals surface area (Å²) in [6.45, 7) is 3.32. The van der Waals surface area contributed by atoms with E-state index in [-0.39, 0.29) is 30.4 Å². The summed E-state index contributed by atoms with van der Waals surface area (Å²) in [5.74, 6) is -0.0840. The Kier molecular flexibility index (Phi) is 9.69. The van der Waals surface area contributed by atoms with E-state index in [1.54, 1.807) is 37.3 Å². The second kappa shape index (κ2) is 12.7. The fourth-order valence-electron chi connectivity index (χ4n) is 4.45. The van der Waals surface area contributed by atoms with Gasteiger partial charge in [-0.05, 0) is 43.0 Å². The molecule has 0 saturated heterocycles. The lowest BCUT2D eigenvalue weighted by Crippen LogP contribution is -2.34. The first-order valence-corrected chi connectivity index (χ1v) is 14.0. The molecule has 0 aliphatic carbocycles. The van der Waals surface area contributed by atoms with Gasteiger partial charge < -0.3 is 9.80 Å². The number of rotatable bonds is 5. The highest BCUT2D eigenvalue weighted by Gasteiger charge is 2.21.